The van der Waals surface area contributed by atoms with E-state index in [0.717, 1.165) is 22.3 Å². The Balaban J connectivity index is 1.93. The Kier molecular flexibility index (Phi) is 9.15. The first-order valence-corrected chi connectivity index (χ1v) is 11.7. The third-order valence-corrected chi connectivity index (χ3v) is 7.09. The summed E-state index contributed by atoms with van der Waals surface area (Å²) >= 11 is 0. The summed E-state index contributed by atoms with van der Waals surface area (Å²) in [5.41, 5.74) is 4.53. The Morgan fingerprint density at radius 2 is 0.833 bits per heavy atom. The van der Waals surface area contributed by atoms with Gasteiger partial charge in [0.2, 0.25) is 0 Å². The Morgan fingerprint density at radius 3 is 1.11 bits per heavy atom. The topological polar surface area (TPSA) is 180 Å². The van der Waals surface area contributed by atoms with Crippen molar-refractivity contribution in [3.05, 3.63) is 33.4 Å². The molecule has 2 aliphatic heterocycles. The van der Waals surface area contributed by atoms with E-state index in [4.69, 9.17) is 9.47 Å². The van der Waals surface area contributed by atoms with Crippen LogP contribution in [0.25, 0.3) is 0 Å². The van der Waals surface area contributed by atoms with Crippen LogP contribution < -0.4 is 0 Å². The van der Waals surface area contributed by atoms with E-state index in [9.17, 15) is 40.9 Å². The van der Waals surface area contributed by atoms with Crippen molar-refractivity contribution < 1.29 is 50.3 Å². The highest BCUT2D eigenvalue weighted by molar-refractivity contribution is 5.61. The molecule has 0 spiro atoms. The summed E-state index contributed by atoms with van der Waals surface area (Å²) in [6.07, 6.45) is -13.2. The van der Waals surface area contributed by atoms with Gasteiger partial charge in [0.05, 0.1) is 13.2 Å². The number of aliphatic hydroxyl groups is 8. The van der Waals surface area contributed by atoms with Gasteiger partial charge in [-0.1, -0.05) is 23.7 Å². The number of aliphatic hydroxyl groups excluding tert-OH is 8. The van der Waals surface area contributed by atoms with Crippen LogP contribution in [0.1, 0.15) is 33.4 Å². The molecular formula is C26H34O10. The largest absolute Gasteiger partial charge is 0.394 e. The molecule has 0 saturated carbocycles. The van der Waals surface area contributed by atoms with Crippen LogP contribution in [0.4, 0.5) is 0 Å². The predicted molar refractivity (Wildman–Crippen MR) is 127 cm³/mol. The van der Waals surface area contributed by atoms with Gasteiger partial charge in [-0.15, -0.1) is 0 Å². The molecule has 3 rings (SSSR count). The van der Waals surface area contributed by atoms with Gasteiger partial charge < -0.3 is 50.3 Å². The molecule has 0 bridgehead atoms. The second kappa shape index (κ2) is 11.5. The number of rotatable bonds is 2. The van der Waals surface area contributed by atoms with Gasteiger partial charge in [0.25, 0.3) is 0 Å². The zero-order valence-corrected chi connectivity index (χ0v) is 20.6. The van der Waals surface area contributed by atoms with Crippen LogP contribution in [0.5, 0.6) is 0 Å². The summed E-state index contributed by atoms with van der Waals surface area (Å²) in [5, 5.41) is 79.2. The van der Waals surface area contributed by atoms with Crippen molar-refractivity contribution in [3.8, 4) is 23.7 Å². The smallest absolute Gasteiger partial charge is 0.147 e. The summed E-state index contributed by atoms with van der Waals surface area (Å²) in [4.78, 5) is 0. The monoisotopic (exact) mass is 506 g/mol. The lowest BCUT2D eigenvalue weighted by atomic mass is 9.88. The molecule has 0 radical (unpaired) electrons. The average Bonchev–Trinajstić information content (AvgIpc) is 2.87. The predicted octanol–water partition coefficient (Wildman–Crippen LogP) is -2.69. The van der Waals surface area contributed by atoms with Crippen LogP contribution in [0.15, 0.2) is 0 Å². The first-order valence-electron chi connectivity index (χ1n) is 11.7. The molecule has 2 aliphatic rings. The van der Waals surface area contributed by atoms with Gasteiger partial charge in [0, 0.05) is 11.1 Å². The molecule has 0 aliphatic carbocycles. The van der Waals surface area contributed by atoms with E-state index < -0.39 is 74.3 Å². The van der Waals surface area contributed by atoms with Gasteiger partial charge in [-0.05, 0) is 49.9 Å². The highest BCUT2D eigenvalue weighted by Gasteiger charge is 2.43. The normalized spacial score (nSPS) is 36.4. The lowest BCUT2D eigenvalue weighted by Gasteiger charge is -2.37. The molecule has 10 nitrogen and oxygen atoms in total. The summed E-state index contributed by atoms with van der Waals surface area (Å²) in [5.74, 6) is 11.6. The summed E-state index contributed by atoms with van der Waals surface area (Å²) in [7, 11) is 0. The highest BCUT2D eigenvalue weighted by Crippen LogP contribution is 2.27. The van der Waals surface area contributed by atoms with Crippen molar-refractivity contribution >= 4 is 0 Å². The van der Waals surface area contributed by atoms with Gasteiger partial charge in [-0.2, -0.15) is 0 Å². The van der Waals surface area contributed by atoms with Crippen molar-refractivity contribution in [2.24, 2.45) is 0 Å². The molecule has 8 N–H and O–H groups in total. The van der Waals surface area contributed by atoms with Gasteiger partial charge in [-0.25, -0.2) is 0 Å². The number of hydrogen-bond donors (Lipinski definition) is 8. The summed E-state index contributed by atoms with van der Waals surface area (Å²) < 4.78 is 10.9. The van der Waals surface area contributed by atoms with E-state index in [-0.39, 0.29) is 0 Å². The maximum Gasteiger partial charge on any atom is 0.147 e. The van der Waals surface area contributed by atoms with E-state index >= 15 is 0 Å². The van der Waals surface area contributed by atoms with Crippen molar-refractivity contribution in [3.63, 3.8) is 0 Å². The van der Waals surface area contributed by atoms with Crippen LogP contribution in [0.2, 0.25) is 0 Å². The van der Waals surface area contributed by atoms with Crippen LogP contribution in [-0.2, 0) is 9.47 Å². The molecule has 10 atom stereocenters. The third kappa shape index (κ3) is 5.30. The average molecular weight is 507 g/mol. The third-order valence-electron chi connectivity index (χ3n) is 7.09. The van der Waals surface area contributed by atoms with E-state index in [1.807, 2.05) is 27.7 Å². The minimum absolute atomic E-state index is 0.540. The zero-order valence-electron chi connectivity index (χ0n) is 20.6. The first kappa shape index (κ1) is 28.5. The van der Waals surface area contributed by atoms with Gasteiger partial charge in [0.15, 0.2) is 0 Å². The van der Waals surface area contributed by atoms with Crippen LogP contribution in [-0.4, -0.2) is 115 Å². The quantitative estimate of drug-likeness (QED) is 0.197. The Hall–Kier alpha value is -2.06. The molecular weight excluding hydrogens is 472 g/mol. The SMILES string of the molecule is Cc1c(C)c(C#C[C@H]2O[C@H](CO)[C@@H](O)[C@H](O)[C@@H]2O)c(C)c(C)c1C#C[C@H]1O[C@H](CO)[C@@H](O)[C@H](O)[C@@H]1O. The first-order chi connectivity index (χ1) is 16.9. The van der Waals surface area contributed by atoms with Crippen LogP contribution >= 0.6 is 0 Å². The van der Waals surface area contributed by atoms with Crippen molar-refractivity contribution in [2.75, 3.05) is 13.2 Å². The van der Waals surface area contributed by atoms with Crippen molar-refractivity contribution in [1.29, 1.82) is 0 Å². The Bertz CT molecular complexity index is 962. The maximum absolute atomic E-state index is 10.3. The van der Waals surface area contributed by atoms with E-state index in [2.05, 4.69) is 23.7 Å². The lowest BCUT2D eigenvalue weighted by Crippen LogP contribution is -2.58. The second-order valence-electron chi connectivity index (χ2n) is 9.29. The molecule has 10 heteroatoms. The fourth-order valence-corrected chi connectivity index (χ4v) is 4.42. The minimum atomic E-state index is -1.51. The Labute approximate surface area is 209 Å². The minimum Gasteiger partial charge on any atom is -0.394 e. The molecule has 0 aromatic heterocycles. The fourth-order valence-electron chi connectivity index (χ4n) is 4.42. The Morgan fingerprint density at radius 1 is 0.528 bits per heavy atom. The summed E-state index contributed by atoms with van der Waals surface area (Å²) in [6.45, 7) is 6.30. The van der Waals surface area contributed by atoms with Crippen molar-refractivity contribution in [1.82, 2.24) is 0 Å². The van der Waals surface area contributed by atoms with Gasteiger partial charge in [-0.3, -0.25) is 0 Å². The van der Waals surface area contributed by atoms with E-state index in [0.29, 0.717) is 11.1 Å². The molecule has 0 amide bonds. The molecule has 198 valence electrons. The fraction of sp³-hybridized carbons (Fsp3) is 0.615. The number of benzene rings is 1. The maximum atomic E-state index is 10.3. The van der Waals surface area contributed by atoms with E-state index in [1.54, 1.807) is 0 Å². The molecule has 1 aromatic rings. The molecule has 2 heterocycles. The zero-order chi connectivity index (χ0) is 26.9. The lowest BCUT2D eigenvalue weighted by molar-refractivity contribution is -0.214. The van der Waals surface area contributed by atoms with Gasteiger partial charge >= 0.3 is 0 Å². The van der Waals surface area contributed by atoms with Crippen molar-refractivity contribution in [2.45, 2.75) is 88.7 Å². The van der Waals surface area contributed by atoms with E-state index in [1.165, 1.54) is 0 Å². The number of ether oxygens (including phenoxy) is 2. The molecule has 2 saturated heterocycles. The van der Waals surface area contributed by atoms with Crippen LogP contribution in [0.3, 0.4) is 0 Å². The highest BCUT2D eigenvalue weighted by atomic mass is 16.5. The molecule has 0 unspecified atom stereocenters. The van der Waals surface area contributed by atoms with Crippen LogP contribution in [0, 0.1) is 51.4 Å². The van der Waals surface area contributed by atoms with Gasteiger partial charge in [0.1, 0.15) is 61.0 Å². The second-order valence-corrected chi connectivity index (χ2v) is 9.29. The molecule has 1 aromatic carbocycles. The standard InChI is InChI=1S/C26H34O10/c1-11-12(2)16(6-8-18-22(30)26(34)24(32)20(10-28)36-18)14(4)13(3)15(11)5-7-17-21(29)25(33)23(31)19(9-27)35-17/h17-34H,9-10H2,1-4H3/t17-,18-,19-,20-,21-,22-,23-,24-,25-,26-/m1/s1. The number of hydrogen-bond acceptors (Lipinski definition) is 10. The molecule has 36 heavy (non-hydrogen) atoms. The summed E-state index contributed by atoms with van der Waals surface area (Å²) in [6, 6.07) is 0. The molecule has 2 fully saturated rings.